The highest BCUT2D eigenvalue weighted by atomic mass is 16.4. The van der Waals surface area contributed by atoms with Gasteiger partial charge in [0.05, 0.1) is 12.0 Å². The molecule has 3 aromatic rings. The maximum absolute atomic E-state index is 13.7. The Labute approximate surface area is 202 Å². The fourth-order valence-corrected chi connectivity index (χ4v) is 5.11. The minimum atomic E-state index is -0.836. The highest BCUT2D eigenvalue weighted by Crippen LogP contribution is 2.39. The fraction of sp³-hybridized carbons (Fsp3) is 0.440. The van der Waals surface area contributed by atoms with Crippen molar-refractivity contribution in [1.29, 1.82) is 0 Å². The molecule has 3 unspecified atom stereocenters. The van der Waals surface area contributed by atoms with Crippen molar-refractivity contribution >= 4 is 12.2 Å². The summed E-state index contributed by atoms with van der Waals surface area (Å²) in [5.41, 5.74) is 2.20. The van der Waals surface area contributed by atoms with Crippen molar-refractivity contribution < 1.29 is 9.90 Å². The molecular weight excluding hydrogens is 446 g/mol. The number of unbranched alkanes of at least 4 members (excludes halogenated alkanes) is 1. The Kier molecular flexibility index (Phi) is 6.19. The van der Waals surface area contributed by atoms with Crippen molar-refractivity contribution in [2.75, 3.05) is 0 Å². The van der Waals surface area contributed by atoms with E-state index in [0.717, 1.165) is 36.1 Å². The van der Waals surface area contributed by atoms with Gasteiger partial charge >= 0.3 is 11.7 Å². The van der Waals surface area contributed by atoms with Crippen LogP contribution in [0.1, 0.15) is 56.3 Å². The average Bonchev–Trinajstić information content (AvgIpc) is 3.48. The smallest absolute Gasteiger partial charge is 0.328 e. The van der Waals surface area contributed by atoms with Crippen molar-refractivity contribution in [3.8, 4) is 11.4 Å². The van der Waals surface area contributed by atoms with E-state index in [4.69, 9.17) is 0 Å². The summed E-state index contributed by atoms with van der Waals surface area (Å²) in [4.78, 5) is 29.6. The van der Waals surface area contributed by atoms with E-state index < -0.39 is 17.3 Å². The second-order valence-electron chi connectivity index (χ2n) is 9.43. The number of hydrogen-bond donors (Lipinski definition) is 2. The van der Waals surface area contributed by atoms with Gasteiger partial charge in [-0.3, -0.25) is 18.9 Å². The Morgan fingerprint density at radius 2 is 2.20 bits per heavy atom. The van der Waals surface area contributed by atoms with Crippen LogP contribution in [0.15, 0.2) is 52.5 Å². The predicted octanol–water partition coefficient (Wildman–Crippen LogP) is 3.13. The summed E-state index contributed by atoms with van der Waals surface area (Å²) in [6.07, 6.45) is 12.3. The molecule has 0 bridgehead atoms. The molecule has 35 heavy (non-hydrogen) atoms. The number of aryl methyl sites for hydroxylation is 1. The molecule has 182 valence electrons. The number of carboxylic acids is 1. The standard InChI is InChI=1S/C25H29N7O3/c1-2-3-7-19-15-31(21-9-8-20(21)23(33)34)24(35)32(19)16-25(10-12-26-13-11-25)18-6-4-5-17(14-18)22-27-29-30-28-22/h4-6,10,12-15,20-21H,2-3,7-9,11,16H2,1H3,(H,33,34)(H,27,28,29,30). The molecule has 1 aromatic carbocycles. The number of aromatic nitrogens is 6. The van der Waals surface area contributed by atoms with Gasteiger partial charge in [0.2, 0.25) is 0 Å². The number of hydrogen-bond acceptors (Lipinski definition) is 6. The van der Waals surface area contributed by atoms with E-state index in [0.29, 0.717) is 31.6 Å². The summed E-state index contributed by atoms with van der Waals surface area (Å²) in [5.74, 6) is -0.768. The monoisotopic (exact) mass is 475 g/mol. The number of benzene rings is 1. The quantitative estimate of drug-likeness (QED) is 0.489. The summed E-state index contributed by atoms with van der Waals surface area (Å²) in [6.45, 7) is 2.56. The highest BCUT2D eigenvalue weighted by molar-refractivity contribution is 5.71. The van der Waals surface area contributed by atoms with Crippen molar-refractivity contribution in [2.24, 2.45) is 10.9 Å². The number of rotatable bonds is 9. The molecule has 2 aromatic heterocycles. The summed E-state index contributed by atoms with van der Waals surface area (Å²) in [7, 11) is 0. The maximum Gasteiger partial charge on any atom is 0.328 e. The van der Waals surface area contributed by atoms with Gasteiger partial charge in [-0.1, -0.05) is 37.6 Å². The molecule has 0 saturated heterocycles. The first-order valence-corrected chi connectivity index (χ1v) is 12.1. The molecule has 5 rings (SSSR count). The molecule has 2 N–H and O–H groups in total. The molecule has 0 radical (unpaired) electrons. The van der Waals surface area contributed by atoms with Crippen LogP contribution in [-0.2, 0) is 23.2 Å². The second-order valence-corrected chi connectivity index (χ2v) is 9.43. The van der Waals surface area contributed by atoms with Crippen LogP contribution in [0.3, 0.4) is 0 Å². The third-order valence-corrected chi connectivity index (χ3v) is 7.32. The molecule has 1 aliphatic carbocycles. The topological polar surface area (TPSA) is 131 Å². The normalized spacial score (nSPS) is 23.3. The SMILES string of the molecule is CCCCc1cn(C2CCC2C(=O)O)c(=O)n1CC1(c2cccc(-c3nnn[nH]3)c2)C=CN=CC1. The van der Waals surface area contributed by atoms with E-state index in [2.05, 4.69) is 44.7 Å². The molecular formula is C25H29N7O3. The van der Waals surface area contributed by atoms with E-state index in [-0.39, 0.29) is 11.7 Å². The zero-order valence-electron chi connectivity index (χ0n) is 19.7. The molecule has 1 aliphatic heterocycles. The van der Waals surface area contributed by atoms with E-state index in [1.54, 1.807) is 10.8 Å². The summed E-state index contributed by atoms with van der Waals surface area (Å²) in [5, 5.41) is 23.8. The Hall–Kier alpha value is -3.82. The minimum absolute atomic E-state index is 0.141. The summed E-state index contributed by atoms with van der Waals surface area (Å²) in [6, 6.07) is 7.72. The number of aliphatic carboxylic acids is 1. The van der Waals surface area contributed by atoms with Gasteiger partial charge in [0, 0.05) is 41.8 Å². The number of nitrogens with zero attached hydrogens (tertiary/aromatic N) is 6. The molecule has 2 aliphatic rings. The van der Waals surface area contributed by atoms with Gasteiger partial charge in [-0.2, -0.15) is 0 Å². The van der Waals surface area contributed by atoms with Crippen LogP contribution >= 0.6 is 0 Å². The first-order valence-electron chi connectivity index (χ1n) is 12.1. The third-order valence-electron chi connectivity index (χ3n) is 7.32. The molecule has 10 nitrogen and oxygen atoms in total. The molecule has 1 fully saturated rings. The lowest BCUT2D eigenvalue weighted by molar-refractivity contribution is -0.147. The van der Waals surface area contributed by atoms with Gasteiger partial charge in [-0.05, 0) is 54.2 Å². The minimum Gasteiger partial charge on any atom is -0.481 e. The highest BCUT2D eigenvalue weighted by Gasteiger charge is 2.40. The van der Waals surface area contributed by atoms with Crippen LogP contribution in [-0.4, -0.2) is 47.0 Å². The van der Waals surface area contributed by atoms with Crippen molar-refractivity contribution in [1.82, 2.24) is 29.8 Å². The van der Waals surface area contributed by atoms with Gasteiger partial charge in [-0.25, -0.2) is 9.89 Å². The number of H-pyrrole nitrogens is 1. The molecule has 1 saturated carbocycles. The van der Waals surface area contributed by atoms with Crippen LogP contribution in [0.2, 0.25) is 0 Å². The van der Waals surface area contributed by atoms with Crippen molar-refractivity contribution in [2.45, 2.75) is 63.5 Å². The van der Waals surface area contributed by atoms with Gasteiger partial charge in [0.15, 0.2) is 5.82 Å². The number of carboxylic acid groups (broad SMARTS) is 1. The van der Waals surface area contributed by atoms with Crippen LogP contribution in [0, 0.1) is 5.92 Å². The van der Waals surface area contributed by atoms with Gasteiger partial charge in [0.1, 0.15) is 0 Å². The zero-order valence-corrected chi connectivity index (χ0v) is 19.7. The lowest BCUT2D eigenvalue weighted by Gasteiger charge is -2.34. The van der Waals surface area contributed by atoms with Crippen LogP contribution in [0.25, 0.3) is 11.4 Å². The van der Waals surface area contributed by atoms with Gasteiger partial charge < -0.3 is 5.11 Å². The fourth-order valence-electron chi connectivity index (χ4n) is 5.11. The Bertz CT molecular complexity index is 1320. The number of aliphatic imine (C=N–C) groups is 1. The zero-order chi connectivity index (χ0) is 24.4. The molecule has 0 spiro atoms. The number of imidazole rings is 1. The van der Waals surface area contributed by atoms with Crippen molar-refractivity contribution in [3.63, 3.8) is 0 Å². The van der Waals surface area contributed by atoms with Gasteiger partial charge in [0.25, 0.3) is 0 Å². The Morgan fingerprint density at radius 3 is 2.86 bits per heavy atom. The van der Waals surface area contributed by atoms with E-state index in [9.17, 15) is 14.7 Å². The van der Waals surface area contributed by atoms with Crippen LogP contribution < -0.4 is 5.69 Å². The Balaban J connectivity index is 1.56. The summed E-state index contributed by atoms with van der Waals surface area (Å²) < 4.78 is 3.51. The maximum atomic E-state index is 13.7. The summed E-state index contributed by atoms with van der Waals surface area (Å²) >= 11 is 0. The molecule has 3 heterocycles. The van der Waals surface area contributed by atoms with E-state index in [1.165, 1.54) is 0 Å². The lowest BCUT2D eigenvalue weighted by Crippen LogP contribution is -2.42. The number of nitrogens with one attached hydrogen (secondary N) is 1. The predicted molar refractivity (Wildman–Crippen MR) is 130 cm³/mol. The van der Waals surface area contributed by atoms with E-state index >= 15 is 0 Å². The largest absolute Gasteiger partial charge is 0.481 e. The van der Waals surface area contributed by atoms with Crippen molar-refractivity contribution in [3.05, 3.63) is 64.5 Å². The first-order chi connectivity index (χ1) is 17.0. The van der Waals surface area contributed by atoms with Crippen LogP contribution in [0.5, 0.6) is 0 Å². The Morgan fingerprint density at radius 1 is 1.31 bits per heavy atom. The van der Waals surface area contributed by atoms with E-state index in [1.807, 2.05) is 35.2 Å². The van der Waals surface area contributed by atoms with Gasteiger partial charge in [-0.15, -0.1) is 5.10 Å². The lowest BCUT2D eigenvalue weighted by atomic mass is 9.76. The molecule has 0 amide bonds. The third kappa shape index (κ3) is 4.24. The first kappa shape index (κ1) is 22.9. The number of aromatic amines is 1. The average molecular weight is 476 g/mol. The number of tetrazole rings is 1. The second kappa shape index (κ2) is 9.44. The number of allylic oxidation sites excluding steroid dienone is 1. The molecule has 10 heteroatoms. The number of carbonyl (C=O) groups is 1. The molecule has 3 atom stereocenters. The van der Waals surface area contributed by atoms with Crippen LogP contribution in [0.4, 0.5) is 0 Å².